The van der Waals surface area contributed by atoms with E-state index in [0.29, 0.717) is 0 Å². The Bertz CT molecular complexity index is 677. The molecule has 1 aromatic rings. The van der Waals surface area contributed by atoms with E-state index in [4.69, 9.17) is 9.84 Å². The van der Waals surface area contributed by atoms with Crippen molar-refractivity contribution in [1.82, 2.24) is 10.2 Å². The SMILES string of the molecule is CC(=O)N[C@H](CC(=O)N1CCO[C@@H](CC(=O)O)C1)c1c(F)cccc1F. The van der Waals surface area contributed by atoms with Gasteiger partial charge in [-0.3, -0.25) is 14.4 Å². The molecule has 1 aliphatic rings. The number of nitrogens with zero attached hydrogens (tertiary/aromatic N) is 1. The van der Waals surface area contributed by atoms with Gasteiger partial charge in [-0.05, 0) is 12.1 Å². The third kappa shape index (κ3) is 5.22. The van der Waals surface area contributed by atoms with E-state index in [9.17, 15) is 23.2 Å². The summed E-state index contributed by atoms with van der Waals surface area (Å²) in [5.41, 5.74) is -0.383. The minimum absolute atomic E-state index is 0.0671. The van der Waals surface area contributed by atoms with Crippen LogP contribution in [-0.2, 0) is 19.1 Å². The fraction of sp³-hybridized carbons (Fsp3) is 0.471. The Morgan fingerprint density at radius 2 is 2.00 bits per heavy atom. The van der Waals surface area contributed by atoms with Crippen LogP contribution in [0.3, 0.4) is 0 Å². The summed E-state index contributed by atoms with van der Waals surface area (Å²) < 4.78 is 33.4. The van der Waals surface area contributed by atoms with Gasteiger partial charge in [-0.2, -0.15) is 0 Å². The highest BCUT2D eigenvalue weighted by molar-refractivity contribution is 5.79. The molecule has 1 saturated heterocycles. The molecule has 0 unspecified atom stereocenters. The quantitative estimate of drug-likeness (QED) is 0.785. The van der Waals surface area contributed by atoms with Crippen LogP contribution in [-0.4, -0.2) is 53.6 Å². The molecule has 2 atom stereocenters. The van der Waals surface area contributed by atoms with Crippen LogP contribution in [0.1, 0.15) is 31.4 Å². The van der Waals surface area contributed by atoms with Gasteiger partial charge in [-0.15, -0.1) is 0 Å². The number of carboxylic acids is 1. The molecular formula is C17H20F2N2O5. The standard InChI is InChI=1S/C17H20F2N2O5/c1-10(22)20-14(17-12(18)3-2-4-13(17)19)8-15(23)21-5-6-26-11(9-21)7-16(24)25/h2-4,11,14H,5-9H2,1H3,(H,20,22)(H,24,25)/t11-,14+/m0/s1. The number of carboxylic acid groups (broad SMARTS) is 1. The number of nitrogens with one attached hydrogen (secondary N) is 1. The predicted molar refractivity (Wildman–Crippen MR) is 86.1 cm³/mol. The summed E-state index contributed by atoms with van der Waals surface area (Å²) in [4.78, 5) is 36.1. The molecule has 1 heterocycles. The molecular weight excluding hydrogens is 350 g/mol. The number of hydrogen-bond acceptors (Lipinski definition) is 4. The van der Waals surface area contributed by atoms with Gasteiger partial charge in [0.2, 0.25) is 11.8 Å². The molecule has 0 aromatic heterocycles. The molecule has 1 aromatic carbocycles. The van der Waals surface area contributed by atoms with Gasteiger partial charge in [0.05, 0.1) is 31.6 Å². The van der Waals surface area contributed by atoms with Crippen molar-refractivity contribution in [2.75, 3.05) is 19.7 Å². The Balaban J connectivity index is 2.14. The van der Waals surface area contributed by atoms with Crippen LogP contribution in [0.2, 0.25) is 0 Å². The maximum absolute atomic E-state index is 14.0. The average molecular weight is 370 g/mol. The summed E-state index contributed by atoms with van der Waals surface area (Å²) in [5, 5.41) is 11.2. The van der Waals surface area contributed by atoms with Crippen molar-refractivity contribution in [3.63, 3.8) is 0 Å². The summed E-state index contributed by atoms with van der Waals surface area (Å²) in [6.45, 7) is 1.66. The topological polar surface area (TPSA) is 95.9 Å². The lowest BCUT2D eigenvalue weighted by Crippen LogP contribution is -2.47. The first-order valence-electron chi connectivity index (χ1n) is 8.10. The molecule has 1 aliphatic heterocycles. The smallest absolute Gasteiger partial charge is 0.306 e. The number of benzene rings is 1. The van der Waals surface area contributed by atoms with E-state index in [1.807, 2.05) is 0 Å². The second-order valence-electron chi connectivity index (χ2n) is 6.02. The summed E-state index contributed by atoms with van der Waals surface area (Å²) in [5.74, 6) is -3.75. The van der Waals surface area contributed by atoms with Gasteiger partial charge in [-0.1, -0.05) is 6.07 Å². The van der Waals surface area contributed by atoms with Crippen LogP contribution in [0.25, 0.3) is 0 Å². The molecule has 2 amide bonds. The van der Waals surface area contributed by atoms with Gasteiger partial charge in [0.15, 0.2) is 0 Å². The van der Waals surface area contributed by atoms with Gasteiger partial charge in [0.1, 0.15) is 11.6 Å². The van der Waals surface area contributed by atoms with Crippen molar-refractivity contribution in [3.05, 3.63) is 35.4 Å². The molecule has 2 N–H and O–H groups in total. The number of morpholine rings is 1. The average Bonchev–Trinajstić information content (AvgIpc) is 2.53. The number of carbonyl (C=O) groups is 3. The van der Waals surface area contributed by atoms with Crippen molar-refractivity contribution in [2.24, 2.45) is 0 Å². The van der Waals surface area contributed by atoms with Crippen LogP contribution >= 0.6 is 0 Å². The van der Waals surface area contributed by atoms with E-state index in [2.05, 4.69) is 5.32 Å². The predicted octanol–water partition coefficient (Wildman–Crippen LogP) is 1.23. The van der Waals surface area contributed by atoms with E-state index in [1.165, 1.54) is 17.9 Å². The Labute approximate surface area is 148 Å². The number of halogens is 2. The van der Waals surface area contributed by atoms with Gasteiger partial charge >= 0.3 is 5.97 Å². The number of carbonyl (C=O) groups excluding carboxylic acids is 2. The highest BCUT2D eigenvalue weighted by atomic mass is 19.1. The molecule has 0 spiro atoms. The monoisotopic (exact) mass is 370 g/mol. The van der Waals surface area contributed by atoms with Crippen LogP contribution < -0.4 is 5.32 Å². The number of aliphatic carboxylic acids is 1. The Hall–Kier alpha value is -2.55. The van der Waals surface area contributed by atoms with E-state index in [0.717, 1.165) is 12.1 Å². The Kier molecular flexibility index (Phi) is 6.62. The highest BCUT2D eigenvalue weighted by Gasteiger charge is 2.30. The molecule has 0 aliphatic carbocycles. The third-order valence-electron chi connectivity index (χ3n) is 4.00. The normalized spacial score (nSPS) is 18.3. The van der Waals surface area contributed by atoms with Gasteiger partial charge in [0, 0.05) is 25.6 Å². The van der Waals surface area contributed by atoms with Crippen molar-refractivity contribution < 1.29 is 33.0 Å². The van der Waals surface area contributed by atoms with E-state index < -0.39 is 41.6 Å². The van der Waals surface area contributed by atoms with E-state index in [1.54, 1.807) is 0 Å². The first-order chi connectivity index (χ1) is 12.3. The second kappa shape index (κ2) is 8.70. The summed E-state index contributed by atoms with van der Waals surface area (Å²) in [6.07, 6.45) is -1.24. The molecule has 7 nitrogen and oxygen atoms in total. The first kappa shape index (κ1) is 19.8. The summed E-state index contributed by atoms with van der Waals surface area (Å²) in [7, 11) is 0. The molecule has 0 bridgehead atoms. The third-order valence-corrected chi connectivity index (χ3v) is 4.00. The Morgan fingerprint density at radius 1 is 1.35 bits per heavy atom. The van der Waals surface area contributed by atoms with Crippen LogP contribution in [0, 0.1) is 11.6 Å². The lowest BCUT2D eigenvalue weighted by molar-refractivity contribution is -0.148. The first-order valence-corrected chi connectivity index (χ1v) is 8.10. The summed E-state index contributed by atoms with van der Waals surface area (Å²) >= 11 is 0. The van der Waals surface area contributed by atoms with Crippen LogP contribution in [0.5, 0.6) is 0 Å². The molecule has 1 fully saturated rings. The fourth-order valence-electron chi connectivity index (χ4n) is 2.88. The number of amides is 2. The summed E-state index contributed by atoms with van der Waals surface area (Å²) in [6, 6.07) is 2.13. The molecule has 2 rings (SSSR count). The number of ether oxygens (including phenoxy) is 1. The van der Waals surface area contributed by atoms with E-state index >= 15 is 0 Å². The maximum atomic E-state index is 14.0. The van der Waals surface area contributed by atoms with Gasteiger partial charge in [0.25, 0.3) is 0 Å². The number of rotatable bonds is 6. The minimum atomic E-state index is -1.16. The van der Waals surface area contributed by atoms with Crippen LogP contribution in [0.4, 0.5) is 8.78 Å². The largest absolute Gasteiger partial charge is 0.481 e. The molecule has 0 radical (unpaired) electrons. The molecule has 142 valence electrons. The molecule has 26 heavy (non-hydrogen) atoms. The highest BCUT2D eigenvalue weighted by Crippen LogP contribution is 2.25. The van der Waals surface area contributed by atoms with Crippen molar-refractivity contribution in [2.45, 2.75) is 31.9 Å². The van der Waals surface area contributed by atoms with E-state index in [-0.39, 0.29) is 38.1 Å². The van der Waals surface area contributed by atoms with Crippen molar-refractivity contribution in [1.29, 1.82) is 0 Å². The maximum Gasteiger partial charge on any atom is 0.306 e. The zero-order valence-electron chi connectivity index (χ0n) is 14.2. The lowest BCUT2D eigenvalue weighted by Gasteiger charge is -2.33. The second-order valence-corrected chi connectivity index (χ2v) is 6.02. The molecule has 9 heteroatoms. The van der Waals surface area contributed by atoms with Crippen LogP contribution in [0.15, 0.2) is 18.2 Å². The molecule has 0 saturated carbocycles. The lowest BCUT2D eigenvalue weighted by atomic mass is 10.0. The Morgan fingerprint density at radius 3 is 2.58 bits per heavy atom. The number of hydrogen-bond donors (Lipinski definition) is 2. The van der Waals surface area contributed by atoms with Crippen molar-refractivity contribution in [3.8, 4) is 0 Å². The fourth-order valence-corrected chi connectivity index (χ4v) is 2.88. The minimum Gasteiger partial charge on any atom is -0.481 e. The van der Waals surface area contributed by atoms with Crippen molar-refractivity contribution >= 4 is 17.8 Å². The zero-order chi connectivity index (χ0) is 19.3. The van der Waals surface area contributed by atoms with Gasteiger partial charge in [-0.25, -0.2) is 8.78 Å². The van der Waals surface area contributed by atoms with Gasteiger partial charge < -0.3 is 20.1 Å². The zero-order valence-corrected chi connectivity index (χ0v) is 14.2.